The van der Waals surface area contributed by atoms with Crippen molar-refractivity contribution in [3.63, 3.8) is 0 Å². The van der Waals surface area contributed by atoms with E-state index in [1.165, 1.54) is 0 Å². The Hall–Kier alpha value is -0.430. The van der Waals surface area contributed by atoms with Crippen molar-refractivity contribution in [2.45, 2.75) is 71.8 Å². The quantitative estimate of drug-likeness (QED) is 0.719. The highest BCUT2D eigenvalue weighted by Crippen LogP contribution is 2.40. The fraction of sp³-hybridized carbons (Fsp3) is 0.824. The molecule has 1 aromatic rings. The number of hydrogen-bond donors (Lipinski definition) is 2. The zero-order chi connectivity index (χ0) is 17.1. The molecule has 1 fully saturated rings. The standard InChI is InChI=1S/C17H29BrN2O3/c1-5-23-16(22)13-14(20(10(2)3)17(18)19-13)15(21)12-8-6-11(4)7-9-12/h10-12,15-16,21-22H,5-9H2,1-4H3. The maximum atomic E-state index is 11.0. The van der Waals surface area contributed by atoms with Gasteiger partial charge in [0.1, 0.15) is 5.69 Å². The van der Waals surface area contributed by atoms with Gasteiger partial charge in [-0.1, -0.05) is 19.8 Å². The van der Waals surface area contributed by atoms with Crippen LogP contribution >= 0.6 is 15.9 Å². The van der Waals surface area contributed by atoms with Gasteiger partial charge in [-0.05, 0) is 61.4 Å². The second-order valence-corrected chi connectivity index (χ2v) is 7.60. The minimum Gasteiger partial charge on any atom is -0.387 e. The van der Waals surface area contributed by atoms with Gasteiger partial charge >= 0.3 is 0 Å². The fourth-order valence-electron chi connectivity index (χ4n) is 3.46. The number of hydrogen-bond acceptors (Lipinski definition) is 4. The molecule has 0 radical (unpaired) electrons. The third-order valence-electron chi connectivity index (χ3n) is 4.80. The van der Waals surface area contributed by atoms with Gasteiger partial charge in [-0.15, -0.1) is 0 Å². The van der Waals surface area contributed by atoms with Crippen molar-refractivity contribution >= 4 is 15.9 Å². The number of aliphatic hydroxyl groups is 2. The van der Waals surface area contributed by atoms with E-state index < -0.39 is 12.4 Å². The van der Waals surface area contributed by atoms with Gasteiger partial charge in [-0.3, -0.25) is 0 Å². The third kappa shape index (κ3) is 4.16. The highest BCUT2D eigenvalue weighted by molar-refractivity contribution is 9.10. The van der Waals surface area contributed by atoms with E-state index in [0.29, 0.717) is 22.7 Å². The Kier molecular flexibility index (Phi) is 6.66. The summed E-state index contributed by atoms with van der Waals surface area (Å²) in [6.45, 7) is 8.58. The summed E-state index contributed by atoms with van der Waals surface area (Å²) >= 11 is 3.46. The van der Waals surface area contributed by atoms with Crippen LogP contribution in [0.2, 0.25) is 0 Å². The number of imidazole rings is 1. The Labute approximate surface area is 147 Å². The summed E-state index contributed by atoms with van der Waals surface area (Å²) in [6.07, 6.45) is 2.56. The average molecular weight is 389 g/mol. The molecule has 1 aromatic heterocycles. The molecule has 0 bridgehead atoms. The van der Waals surface area contributed by atoms with Crippen LogP contribution in [0.5, 0.6) is 0 Å². The van der Waals surface area contributed by atoms with Crippen LogP contribution in [-0.4, -0.2) is 26.4 Å². The lowest BCUT2D eigenvalue weighted by Gasteiger charge is -2.31. The first-order valence-corrected chi connectivity index (χ1v) is 9.41. The van der Waals surface area contributed by atoms with Gasteiger partial charge < -0.3 is 19.5 Å². The molecule has 0 aliphatic heterocycles. The van der Waals surface area contributed by atoms with Gasteiger partial charge in [0.25, 0.3) is 0 Å². The first-order valence-electron chi connectivity index (χ1n) is 8.62. The Morgan fingerprint density at radius 3 is 2.39 bits per heavy atom. The summed E-state index contributed by atoms with van der Waals surface area (Å²) in [5, 5.41) is 21.3. The van der Waals surface area contributed by atoms with Crippen LogP contribution in [0.1, 0.15) is 83.2 Å². The van der Waals surface area contributed by atoms with E-state index in [2.05, 4.69) is 27.8 Å². The summed E-state index contributed by atoms with van der Waals surface area (Å²) in [4.78, 5) is 4.43. The van der Waals surface area contributed by atoms with Crippen LogP contribution in [0.25, 0.3) is 0 Å². The van der Waals surface area contributed by atoms with Crippen LogP contribution in [0.4, 0.5) is 0 Å². The minimum atomic E-state index is -1.11. The van der Waals surface area contributed by atoms with Crippen LogP contribution in [0, 0.1) is 11.8 Å². The van der Waals surface area contributed by atoms with E-state index in [-0.39, 0.29) is 12.0 Å². The second kappa shape index (κ2) is 8.10. The zero-order valence-corrected chi connectivity index (χ0v) is 16.1. The van der Waals surface area contributed by atoms with Crippen molar-refractivity contribution < 1.29 is 14.9 Å². The van der Waals surface area contributed by atoms with Crippen LogP contribution in [0.3, 0.4) is 0 Å². The Balaban J connectivity index is 2.37. The highest BCUT2D eigenvalue weighted by Gasteiger charge is 2.34. The number of rotatable bonds is 6. The van der Waals surface area contributed by atoms with Gasteiger partial charge in [0.15, 0.2) is 4.73 Å². The lowest BCUT2D eigenvalue weighted by Crippen LogP contribution is -2.24. The monoisotopic (exact) mass is 388 g/mol. The largest absolute Gasteiger partial charge is 0.387 e. The molecule has 2 rings (SSSR count). The van der Waals surface area contributed by atoms with Gasteiger partial charge in [-0.25, -0.2) is 4.98 Å². The molecule has 1 aliphatic carbocycles. The molecular weight excluding hydrogens is 360 g/mol. The maximum absolute atomic E-state index is 11.0. The van der Waals surface area contributed by atoms with Crippen LogP contribution in [-0.2, 0) is 4.74 Å². The minimum absolute atomic E-state index is 0.131. The van der Waals surface area contributed by atoms with Crippen LogP contribution in [0.15, 0.2) is 4.73 Å². The third-order valence-corrected chi connectivity index (χ3v) is 5.35. The molecule has 0 spiro atoms. The molecule has 2 atom stereocenters. The van der Waals surface area contributed by atoms with E-state index >= 15 is 0 Å². The Morgan fingerprint density at radius 1 is 1.26 bits per heavy atom. The number of ether oxygens (including phenoxy) is 1. The van der Waals surface area contributed by atoms with Gasteiger partial charge in [0, 0.05) is 12.6 Å². The van der Waals surface area contributed by atoms with Gasteiger partial charge in [0.2, 0.25) is 6.29 Å². The lowest BCUT2D eigenvalue weighted by molar-refractivity contribution is -0.103. The first-order chi connectivity index (χ1) is 10.9. The van der Waals surface area contributed by atoms with Crippen molar-refractivity contribution in [3.8, 4) is 0 Å². The van der Waals surface area contributed by atoms with Crippen molar-refractivity contribution in [1.29, 1.82) is 0 Å². The smallest absolute Gasteiger partial charge is 0.200 e. The molecule has 5 nitrogen and oxygen atoms in total. The van der Waals surface area contributed by atoms with E-state index in [1.807, 2.05) is 25.3 Å². The molecule has 132 valence electrons. The molecule has 0 amide bonds. The number of aliphatic hydroxyl groups excluding tert-OH is 2. The summed E-state index contributed by atoms with van der Waals surface area (Å²) < 4.78 is 7.90. The van der Waals surface area contributed by atoms with Crippen molar-refractivity contribution in [2.75, 3.05) is 6.61 Å². The summed E-state index contributed by atoms with van der Waals surface area (Å²) in [5.74, 6) is 0.938. The topological polar surface area (TPSA) is 67.5 Å². The Morgan fingerprint density at radius 2 is 1.87 bits per heavy atom. The molecule has 0 aromatic carbocycles. The predicted octanol–water partition coefficient (Wildman–Crippen LogP) is 4.11. The van der Waals surface area contributed by atoms with E-state index in [9.17, 15) is 10.2 Å². The Bertz CT molecular complexity index is 510. The van der Waals surface area contributed by atoms with Gasteiger partial charge in [-0.2, -0.15) is 0 Å². The molecular formula is C17H29BrN2O3. The number of halogens is 1. The second-order valence-electron chi connectivity index (χ2n) is 6.89. The molecule has 6 heteroatoms. The highest BCUT2D eigenvalue weighted by atomic mass is 79.9. The molecule has 0 saturated heterocycles. The van der Waals surface area contributed by atoms with E-state index in [1.54, 1.807) is 0 Å². The summed E-state index contributed by atoms with van der Waals surface area (Å²) in [5.41, 5.74) is 1.12. The number of aromatic nitrogens is 2. The van der Waals surface area contributed by atoms with E-state index in [0.717, 1.165) is 31.6 Å². The molecule has 2 N–H and O–H groups in total. The normalized spacial score (nSPS) is 24.9. The number of nitrogens with zero attached hydrogens (tertiary/aromatic N) is 2. The summed E-state index contributed by atoms with van der Waals surface area (Å²) in [7, 11) is 0. The van der Waals surface area contributed by atoms with Gasteiger partial charge in [0.05, 0.1) is 11.8 Å². The summed E-state index contributed by atoms with van der Waals surface area (Å²) in [6, 6.07) is 0.131. The molecule has 23 heavy (non-hydrogen) atoms. The SMILES string of the molecule is CCOC(O)c1nc(Br)n(C(C)C)c1C(O)C1CCC(C)CC1. The van der Waals surface area contributed by atoms with Crippen LogP contribution < -0.4 is 0 Å². The van der Waals surface area contributed by atoms with Crippen molar-refractivity contribution in [1.82, 2.24) is 9.55 Å². The molecule has 1 heterocycles. The van der Waals surface area contributed by atoms with Crippen molar-refractivity contribution in [3.05, 3.63) is 16.1 Å². The predicted molar refractivity (Wildman–Crippen MR) is 93.0 cm³/mol. The molecule has 1 aliphatic rings. The van der Waals surface area contributed by atoms with Crippen molar-refractivity contribution in [2.24, 2.45) is 11.8 Å². The molecule has 2 unspecified atom stereocenters. The zero-order valence-electron chi connectivity index (χ0n) is 14.5. The lowest BCUT2D eigenvalue weighted by atomic mass is 9.79. The average Bonchev–Trinajstić information content (AvgIpc) is 2.85. The fourth-order valence-corrected chi connectivity index (χ4v) is 4.25. The van der Waals surface area contributed by atoms with E-state index in [4.69, 9.17) is 4.74 Å². The molecule has 1 saturated carbocycles. The maximum Gasteiger partial charge on any atom is 0.200 e. The first kappa shape index (κ1) is 18.9.